The van der Waals surface area contributed by atoms with Gasteiger partial charge in [0, 0.05) is 23.8 Å². The van der Waals surface area contributed by atoms with Crippen LogP contribution in [-0.2, 0) is 42.9 Å². The molecule has 10 atom stereocenters. The monoisotopic (exact) mass is 562 g/mol. The summed E-state index contributed by atoms with van der Waals surface area (Å²) in [5.74, 6) is -5.11. The Morgan fingerprint density at radius 2 is 1.82 bits per heavy atom. The van der Waals surface area contributed by atoms with E-state index in [0.717, 1.165) is 7.11 Å². The number of hydrogen-bond acceptors (Lipinski definition) is 11. The molecule has 220 valence electrons. The van der Waals surface area contributed by atoms with Gasteiger partial charge in [-0.25, -0.2) is 14.4 Å². The van der Waals surface area contributed by atoms with Crippen molar-refractivity contribution >= 4 is 23.7 Å². The van der Waals surface area contributed by atoms with Crippen LogP contribution < -0.4 is 0 Å². The summed E-state index contributed by atoms with van der Waals surface area (Å²) in [6, 6.07) is 0. The van der Waals surface area contributed by atoms with E-state index >= 15 is 0 Å². The molecule has 0 amide bonds. The van der Waals surface area contributed by atoms with Gasteiger partial charge in [0.2, 0.25) is 11.7 Å². The van der Waals surface area contributed by atoms with Crippen LogP contribution in [0.3, 0.4) is 0 Å². The highest BCUT2D eigenvalue weighted by atomic mass is 16.6. The van der Waals surface area contributed by atoms with Crippen LogP contribution in [0, 0.1) is 34.5 Å². The van der Waals surface area contributed by atoms with E-state index in [1.54, 1.807) is 13.8 Å². The molecule has 2 N–H and O–H groups in total. The van der Waals surface area contributed by atoms with Crippen molar-refractivity contribution in [3.05, 3.63) is 23.0 Å². The number of Topliss-reactive ketones (excluding diaryl/α,β-unsaturated/α-hetero) is 1. The predicted molar refractivity (Wildman–Crippen MR) is 136 cm³/mol. The summed E-state index contributed by atoms with van der Waals surface area (Å²) in [7, 11) is 2.53. The first-order valence-corrected chi connectivity index (χ1v) is 13.7. The van der Waals surface area contributed by atoms with Gasteiger partial charge in [-0.15, -0.1) is 0 Å². The lowest BCUT2D eigenvalue weighted by atomic mass is 9.38. The molecule has 0 aromatic heterocycles. The molecule has 2 saturated heterocycles. The number of hydrogen-bond donors (Lipinski definition) is 2. The van der Waals surface area contributed by atoms with Crippen molar-refractivity contribution in [1.82, 2.24) is 0 Å². The largest absolute Gasteiger partial charge is 0.493 e. The first-order chi connectivity index (χ1) is 18.7. The number of ether oxygens (including phenoxy) is 5. The van der Waals surface area contributed by atoms with Crippen molar-refractivity contribution in [2.75, 3.05) is 20.8 Å². The van der Waals surface area contributed by atoms with E-state index in [1.165, 1.54) is 13.2 Å². The van der Waals surface area contributed by atoms with Crippen molar-refractivity contribution in [1.29, 1.82) is 0 Å². The van der Waals surface area contributed by atoms with Gasteiger partial charge in [0.1, 0.15) is 12.2 Å². The van der Waals surface area contributed by atoms with Crippen molar-refractivity contribution in [3.63, 3.8) is 0 Å². The molecule has 0 radical (unpaired) electrons. The number of rotatable bonds is 5. The minimum Gasteiger partial charge on any atom is -0.493 e. The minimum atomic E-state index is -2.20. The second kappa shape index (κ2) is 9.39. The number of carbonyl (C=O) groups is 4. The number of aliphatic hydroxyl groups is 2. The van der Waals surface area contributed by atoms with E-state index in [1.807, 2.05) is 20.8 Å². The zero-order chi connectivity index (χ0) is 29.5. The highest BCUT2D eigenvalue weighted by Crippen LogP contribution is 2.72. The molecule has 0 aromatic rings. The Kier molecular flexibility index (Phi) is 6.75. The fraction of sp³-hybridized carbons (Fsp3) is 0.724. The highest BCUT2D eigenvalue weighted by Gasteiger charge is 2.85. The van der Waals surface area contributed by atoms with Crippen molar-refractivity contribution in [2.45, 2.75) is 77.5 Å². The Bertz CT molecular complexity index is 1220. The van der Waals surface area contributed by atoms with Gasteiger partial charge in [-0.3, -0.25) is 4.79 Å². The summed E-state index contributed by atoms with van der Waals surface area (Å²) in [4.78, 5) is 53.3. The van der Waals surface area contributed by atoms with Gasteiger partial charge in [-0.2, -0.15) is 0 Å². The second-order valence-electron chi connectivity index (χ2n) is 12.5. The number of fused-ring (bicyclic) bond motifs is 2. The van der Waals surface area contributed by atoms with E-state index in [2.05, 4.69) is 0 Å². The molecule has 2 aliphatic heterocycles. The number of methoxy groups -OCH3 is 2. The summed E-state index contributed by atoms with van der Waals surface area (Å²) in [6.45, 7) is 9.02. The standard InChI is InChI=1S/C29H38O11/c1-12(2)13(3)8-18(31)40-21-23-28-11-38-29(23,26(35)37-7)24(33)19(32)22(28)27(5)10-16(30)20(36-6)14(4)15(27)9-17(28)39-25(21)34/h8,12,15,17,19,21-24,32-33H,9-11H2,1-7H3/b13-8+. The van der Waals surface area contributed by atoms with Crippen LogP contribution in [0.25, 0.3) is 0 Å². The zero-order valence-electron chi connectivity index (χ0n) is 23.9. The molecular weight excluding hydrogens is 524 g/mol. The Labute approximate surface area is 232 Å². The third-order valence-corrected chi connectivity index (χ3v) is 10.5. The molecule has 40 heavy (non-hydrogen) atoms. The molecule has 5 aliphatic rings. The number of carbonyl (C=O) groups excluding carboxylic acids is 4. The van der Waals surface area contributed by atoms with Gasteiger partial charge in [0.25, 0.3) is 0 Å². The maximum Gasteiger partial charge on any atom is 0.348 e. The molecule has 2 bridgehead atoms. The topological polar surface area (TPSA) is 155 Å². The Morgan fingerprint density at radius 1 is 1.15 bits per heavy atom. The summed E-state index contributed by atoms with van der Waals surface area (Å²) < 4.78 is 28.3. The fourth-order valence-electron chi connectivity index (χ4n) is 8.63. The van der Waals surface area contributed by atoms with Gasteiger partial charge in [0.15, 0.2) is 11.5 Å². The first-order valence-electron chi connectivity index (χ1n) is 13.7. The van der Waals surface area contributed by atoms with Gasteiger partial charge >= 0.3 is 17.9 Å². The van der Waals surface area contributed by atoms with Crippen molar-refractivity contribution in [3.8, 4) is 0 Å². The molecule has 11 heteroatoms. The molecule has 2 saturated carbocycles. The van der Waals surface area contributed by atoms with Gasteiger partial charge in [-0.1, -0.05) is 26.3 Å². The number of esters is 3. The highest BCUT2D eigenvalue weighted by molar-refractivity contribution is 5.96. The Morgan fingerprint density at radius 3 is 2.42 bits per heavy atom. The van der Waals surface area contributed by atoms with Gasteiger partial charge in [-0.05, 0) is 43.1 Å². The maximum atomic E-state index is 13.6. The summed E-state index contributed by atoms with van der Waals surface area (Å²) in [5, 5.41) is 23.4. The average molecular weight is 563 g/mol. The minimum absolute atomic E-state index is 0.00619. The second-order valence-corrected chi connectivity index (χ2v) is 12.5. The van der Waals surface area contributed by atoms with E-state index in [9.17, 15) is 29.4 Å². The van der Waals surface area contributed by atoms with Gasteiger partial charge in [0.05, 0.1) is 32.8 Å². The summed E-state index contributed by atoms with van der Waals surface area (Å²) in [6.07, 6.45) is -4.35. The Hall–Kier alpha value is -2.76. The van der Waals surface area contributed by atoms with E-state index < -0.39 is 70.6 Å². The van der Waals surface area contributed by atoms with Crippen LogP contribution in [0.4, 0.5) is 0 Å². The van der Waals surface area contributed by atoms with Crippen LogP contribution in [0.1, 0.15) is 47.5 Å². The number of aliphatic hydroxyl groups excluding tert-OH is 2. The summed E-state index contributed by atoms with van der Waals surface area (Å²) >= 11 is 0. The fourth-order valence-corrected chi connectivity index (χ4v) is 8.63. The summed E-state index contributed by atoms with van der Waals surface area (Å²) in [5.41, 5.74) is -3.01. The van der Waals surface area contributed by atoms with Crippen LogP contribution in [0.15, 0.2) is 23.0 Å². The van der Waals surface area contributed by atoms with Crippen LogP contribution in [-0.4, -0.2) is 84.7 Å². The molecule has 0 aromatic carbocycles. The smallest absolute Gasteiger partial charge is 0.348 e. The van der Waals surface area contributed by atoms with E-state index in [4.69, 9.17) is 23.7 Å². The molecule has 10 unspecified atom stereocenters. The molecule has 5 rings (SSSR count). The quantitative estimate of drug-likeness (QED) is 0.282. The lowest BCUT2D eigenvalue weighted by molar-refractivity contribution is -0.290. The normalized spacial score (nSPS) is 44.0. The van der Waals surface area contributed by atoms with Crippen LogP contribution in [0.5, 0.6) is 0 Å². The molecule has 11 nitrogen and oxygen atoms in total. The van der Waals surface area contributed by atoms with E-state index in [-0.39, 0.29) is 42.8 Å². The van der Waals surface area contributed by atoms with Crippen LogP contribution in [0.2, 0.25) is 0 Å². The number of ketones is 1. The molecule has 2 heterocycles. The third-order valence-electron chi connectivity index (χ3n) is 10.5. The predicted octanol–water partition coefficient (Wildman–Crippen LogP) is 1.24. The van der Waals surface area contributed by atoms with E-state index in [0.29, 0.717) is 11.1 Å². The lowest BCUT2D eigenvalue weighted by Gasteiger charge is -2.67. The molecular formula is C29H38O11. The maximum absolute atomic E-state index is 13.6. The molecule has 1 spiro atoms. The Balaban J connectivity index is 1.70. The lowest BCUT2D eigenvalue weighted by Crippen LogP contribution is -2.79. The average Bonchev–Trinajstić information content (AvgIpc) is 3.19. The van der Waals surface area contributed by atoms with Gasteiger partial charge < -0.3 is 33.9 Å². The third kappa shape index (κ3) is 3.46. The zero-order valence-corrected chi connectivity index (χ0v) is 23.9. The van der Waals surface area contributed by atoms with Crippen molar-refractivity contribution < 1.29 is 53.1 Å². The molecule has 3 aliphatic carbocycles. The first kappa shape index (κ1) is 28.8. The SMILES string of the molecule is COC(=O)C12OCC34C(CC5C(C)=C(OC)C(=O)CC5(C)C3C(O)C1O)OC(=O)C(OC(=O)/C=C(\C)C(C)C)C24. The van der Waals surface area contributed by atoms with Crippen molar-refractivity contribution in [2.24, 2.45) is 34.5 Å². The number of allylic oxidation sites excluding steroid dienone is 3. The molecule has 4 fully saturated rings. The van der Waals surface area contributed by atoms with Crippen LogP contribution >= 0.6 is 0 Å².